The van der Waals surface area contributed by atoms with Crippen LogP contribution >= 0.6 is 0 Å². The molecule has 100 valence electrons. The molecule has 0 unspecified atom stereocenters. The maximum Gasteiger partial charge on any atom is 0.407 e. The maximum absolute atomic E-state index is 12.3. The van der Waals surface area contributed by atoms with Gasteiger partial charge < -0.3 is 0 Å². The quantitative estimate of drug-likeness (QED) is 0.690. The average Bonchev–Trinajstić information content (AvgIpc) is 2.14. The highest BCUT2D eigenvalue weighted by atomic mass is 19.4. The van der Waals surface area contributed by atoms with Crippen molar-refractivity contribution < 1.29 is 31.1 Å². The van der Waals surface area contributed by atoms with E-state index in [0.29, 0.717) is 12.8 Å². The Balaban J connectivity index is 2.87. The summed E-state index contributed by atoms with van der Waals surface area (Å²) in [6.07, 6.45) is -9.06. The Morgan fingerprint density at radius 2 is 1.29 bits per heavy atom. The van der Waals surface area contributed by atoms with Gasteiger partial charge in [-0.05, 0) is 12.8 Å². The van der Waals surface area contributed by atoms with E-state index in [0.717, 1.165) is 6.42 Å². The number of halogens is 6. The van der Waals surface area contributed by atoms with Crippen LogP contribution in [0.4, 0.5) is 26.3 Å². The summed E-state index contributed by atoms with van der Waals surface area (Å²) in [6.45, 7) is 0. The fourth-order valence-electron chi connectivity index (χ4n) is 2.13. The molecule has 1 aliphatic carbocycles. The predicted octanol–water partition coefficient (Wildman–Crippen LogP) is 3.88. The summed E-state index contributed by atoms with van der Waals surface area (Å²) in [5.74, 6) is -6.64. The fourth-order valence-corrected chi connectivity index (χ4v) is 2.13. The van der Waals surface area contributed by atoms with Crippen molar-refractivity contribution in [2.24, 2.45) is 11.8 Å². The molecule has 1 aliphatic rings. The third-order valence-electron chi connectivity index (χ3n) is 2.95. The molecule has 0 heterocycles. The van der Waals surface area contributed by atoms with Gasteiger partial charge in [0.15, 0.2) is 5.78 Å². The first kappa shape index (κ1) is 14.3. The number of carbonyl (C=O) groups is 1. The van der Waals surface area contributed by atoms with Crippen LogP contribution in [0.1, 0.15) is 32.1 Å². The summed E-state index contributed by atoms with van der Waals surface area (Å²) in [6, 6.07) is 0. The Morgan fingerprint density at radius 1 is 0.882 bits per heavy atom. The third-order valence-corrected chi connectivity index (χ3v) is 2.95. The molecule has 0 aliphatic heterocycles. The monoisotopic (exact) mass is 262 g/mol. The first-order chi connectivity index (χ1) is 7.64. The minimum atomic E-state index is -5.55. The maximum atomic E-state index is 12.3. The van der Waals surface area contributed by atoms with Crippen molar-refractivity contribution >= 4 is 5.78 Å². The summed E-state index contributed by atoms with van der Waals surface area (Å²) in [4.78, 5) is 11.4. The minimum absolute atomic E-state index is 0.126. The molecule has 1 nitrogen and oxygen atoms in total. The van der Waals surface area contributed by atoms with Crippen LogP contribution in [-0.2, 0) is 4.79 Å². The van der Waals surface area contributed by atoms with Gasteiger partial charge in [0.05, 0.1) is 0 Å². The first-order valence-electron chi connectivity index (χ1n) is 5.31. The Kier molecular flexibility index (Phi) is 4.09. The van der Waals surface area contributed by atoms with Gasteiger partial charge in [-0.3, -0.25) is 4.79 Å². The molecular formula is C10H12F6O. The van der Waals surface area contributed by atoms with Crippen LogP contribution in [0.5, 0.6) is 0 Å². The van der Waals surface area contributed by atoms with Gasteiger partial charge in [-0.2, -0.15) is 26.3 Å². The van der Waals surface area contributed by atoms with E-state index in [4.69, 9.17) is 0 Å². The number of hydrogen-bond donors (Lipinski definition) is 0. The minimum Gasteiger partial charge on any atom is -0.298 e. The highest BCUT2D eigenvalue weighted by Gasteiger charge is 2.61. The Morgan fingerprint density at radius 3 is 1.65 bits per heavy atom. The van der Waals surface area contributed by atoms with Crippen molar-refractivity contribution in [2.75, 3.05) is 0 Å². The van der Waals surface area contributed by atoms with Crippen molar-refractivity contribution in [3.63, 3.8) is 0 Å². The molecule has 0 aromatic heterocycles. The zero-order chi connectivity index (χ0) is 13.3. The van der Waals surface area contributed by atoms with E-state index >= 15 is 0 Å². The van der Waals surface area contributed by atoms with Gasteiger partial charge >= 0.3 is 12.4 Å². The summed E-state index contributed by atoms with van der Waals surface area (Å²) < 4.78 is 73.7. The van der Waals surface area contributed by atoms with Gasteiger partial charge in [-0.1, -0.05) is 19.3 Å². The number of Topliss-reactive ketones (excluding diaryl/α,β-unsaturated/α-hetero) is 1. The molecule has 1 rings (SSSR count). The molecule has 0 radical (unpaired) electrons. The molecule has 0 amide bonds. The Bertz CT molecular complexity index is 260. The van der Waals surface area contributed by atoms with E-state index in [-0.39, 0.29) is 12.8 Å². The van der Waals surface area contributed by atoms with Crippen LogP contribution in [0.15, 0.2) is 0 Å². The topological polar surface area (TPSA) is 17.1 Å². The van der Waals surface area contributed by atoms with E-state index < -0.39 is 30.0 Å². The van der Waals surface area contributed by atoms with Crippen molar-refractivity contribution in [2.45, 2.75) is 44.5 Å². The molecule has 7 heteroatoms. The van der Waals surface area contributed by atoms with E-state index in [1.54, 1.807) is 0 Å². The normalized spacial score (nSPS) is 19.7. The van der Waals surface area contributed by atoms with Crippen LogP contribution < -0.4 is 0 Å². The van der Waals surface area contributed by atoms with Gasteiger partial charge in [-0.25, -0.2) is 0 Å². The molecule has 0 N–H and O–H groups in total. The molecular weight excluding hydrogens is 250 g/mol. The molecule has 0 aromatic rings. The third kappa shape index (κ3) is 3.61. The fraction of sp³-hybridized carbons (Fsp3) is 0.900. The van der Waals surface area contributed by atoms with Gasteiger partial charge in [-0.15, -0.1) is 0 Å². The second-order valence-corrected chi connectivity index (χ2v) is 4.25. The lowest BCUT2D eigenvalue weighted by molar-refractivity contribution is -0.275. The number of hydrogen-bond acceptors (Lipinski definition) is 1. The molecule has 0 atom stereocenters. The highest BCUT2D eigenvalue weighted by Crippen LogP contribution is 2.43. The predicted molar refractivity (Wildman–Crippen MR) is 47.2 cm³/mol. The van der Waals surface area contributed by atoms with Crippen molar-refractivity contribution in [1.82, 2.24) is 0 Å². The zero-order valence-electron chi connectivity index (χ0n) is 8.87. The largest absolute Gasteiger partial charge is 0.407 e. The number of rotatable bonds is 2. The van der Waals surface area contributed by atoms with Crippen molar-refractivity contribution in [3.05, 3.63) is 0 Å². The van der Waals surface area contributed by atoms with Crippen LogP contribution in [0.25, 0.3) is 0 Å². The van der Waals surface area contributed by atoms with E-state index in [1.807, 2.05) is 0 Å². The summed E-state index contributed by atoms with van der Waals surface area (Å²) in [5.41, 5.74) is 0. The van der Waals surface area contributed by atoms with Crippen molar-refractivity contribution in [3.8, 4) is 0 Å². The standard InChI is InChI=1S/C10H12F6O/c11-9(12,13)8(10(14,15)16)7(17)6-4-2-1-3-5-6/h6,8H,1-5H2. The summed E-state index contributed by atoms with van der Waals surface area (Å²) >= 11 is 0. The molecule has 17 heavy (non-hydrogen) atoms. The average molecular weight is 262 g/mol. The van der Waals surface area contributed by atoms with Crippen LogP contribution in [-0.4, -0.2) is 18.1 Å². The lowest BCUT2D eigenvalue weighted by Gasteiger charge is -2.27. The van der Waals surface area contributed by atoms with Crippen LogP contribution in [0.3, 0.4) is 0 Å². The molecule has 0 bridgehead atoms. The van der Waals surface area contributed by atoms with Gasteiger partial charge in [0.2, 0.25) is 5.92 Å². The van der Waals surface area contributed by atoms with Gasteiger partial charge in [0.25, 0.3) is 0 Å². The lowest BCUT2D eigenvalue weighted by atomic mass is 9.81. The highest BCUT2D eigenvalue weighted by molar-refractivity contribution is 5.85. The van der Waals surface area contributed by atoms with E-state index in [2.05, 4.69) is 0 Å². The van der Waals surface area contributed by atoms with Gasteiger partial charge in [0, 0.05) is 5.92 Å². The number of carbonyl (C=O) groups excluding carboxylic acids is 1. The van der Waals surface area contributed by atoms with Crippen LogP contribution in [0.2, 0.25) is 0 Å². The molecule has 0 saturated heterocycles. The first-order valence-corrected chi connectivity index (χ1v) is 5.31. The van der Waals surface area contributed by atoms with E-state index in [1.165, 1.54) is 0 Å². The Labute approximate surface area is 94.2 Å². The number of ketones is 1. The second-order valence-electron chi connectivity index (χ2n) is 4.25. The van der Waals surface area contributed by atoms with Gasteiger partial charge in [0.1, 0.15) is 0 Å². The molecule has 0 aromatic carbocycles. The smallest absolute Gasteiger partial charge is 0.298 e. The lowest BCUT2D eigenvalue weighted by Crippen LogP contribution is -2.45. The number of alkyl halides is 6. The molecule has 0 spiro atoms. The second kappa shape index (κ2) is 4.86. The van der Waals surface area contributed by atoms with E-state index in [9.17, 15) is 31.1 Å². The Hall–Kier alpha value is -0.750. The molecule has 1 fully saturated rings. The zero-order valence-corrected chi connectivity index (χ0v) is 8.87. The SMILES string of the molecule is O=C(C1CCCCC1)C(C(F)(F)F)C(F)(F)F. The van der Waals surface area contributed by atoms with Crippen molar-refractivity contribution in [1.29, 1.82) is 0 Å². The summed E-state index contributed by atoms with van der Waals surface area (Å²) in [5, 5.41) is 0. The summed E-state index contributed by atoms with van der Waals surface area (Å²) in [7, 11) is 0. The molecule has 1 saturated carbocycles. The van der Waals surface area contributed by atoms with Crippen LogP contribution in [0, 0.1) is 11.8 Å².